The Morgan fingerprint density at radius 3 is 2.47 bits per heavy atom. The van der Waals surface area contributed by atoms with Crippen molar-refractivity contribution in [3.63, 3.8) is 0 Å². The molecule has 0 radical (unpaired) electrons. The number of hydrogen-bond acceptors (Lipinski definition) is 8. The van der Waals surface area contributed by atoms with E-state index in [4.69, 9.17) is 19.1 Å². The van der Waals surface area contributed by atoms with Gasteiger partial charge in [-0.05, 0) is 26.3 Å². The van der Waals surface area contributed by atoms with Crippen molar-refractivity contribution in [1.29, 1.82) is 0 Å². The number of nitrogens with zero attached hydrogens (tertiary/aromatic N) is 2. The van der Waals surface area contributed by atoms with Crippen molar-refractivity contribution in [3.05, 3.63) is 35.9 Å². The van der Waals surface area contributed by atoms with Gasteiger partial charge in [0.1, 0.15) is 24.6 Å². The van der Waals surface area contributed by atoms with Crippen molar-refractivity contribution in [2.45, 2.75) is 45.4 Å². The fourth-order valence-electron chi connectivity index (χ4n) is 2.16. The van der Waals surface area contributed by atoms with Crippen LogP contribution in [0.15, 0.2) is 35.4 Å². The zero-order valence-electron chi connectivity index (χ0n) is 18.9. The van der Waals surface area contributed by atoms with E-state index in [1.54, 1.807) is 20.8 Å². The Balaban J connectivity index is 2.43. The predicted octanol–water partition coefficient (Wildman–Crippen LogP) is 1.68. The number of hydrogen-bond donors (Lipinski definition) is 3. The van der Waals surface area contributed by atoms with Crippen LogP contribution in [0.5, 0.6) is 0 Å². The maximum absolute atomic E-state index is 12.4. The Kier molecular flexibility index (Phi) is 11.5. The number of hydrazone groups is 1. The van der Waals surface area contributed by atoms with Crippen LogP contribution in [0.4, 0.5) is 9.59 Å². The van der Waals surface area contributed by atoms with Crippen molar-refractivity contribution in [2.75, 3.05) is 20.8 Å². The van der Waals surface area contributed by atoms with Gasteiger partial charge >= 0.3 is 12.2 Å². The SMILES string of the molecule is CON(C)C(=O)[C@H](CCONC=NNC(=O)OC(C)(C)C)NC(=O)OCc1ccccc1. The molecule has 12 nitrogen and oxygen atoms in total. The number of ether oxygens (including phenoxy) is 2. The molecular weight excluding hydrogens is 422 g/mol. The van der Waals surface area contributed by atoms with Gasteiger partial charge in [0.15, 0.2) is 0 Å². The van der Waals surface area contributed by atoms with Crippen LogP contribution in [0.1, 0.15) is 32.8 Å². The zero-order valence-corrected chi connectivity index (χ0v) is 18.9. The molecule has 0 fully saturated rings. The standard InChI is InChI=1S/C20H31N5O7/c1-20(2,3)32-19(28)24-21-14-22-31-12-11-16(17(26)25(4)29-5)23-18(27)30-13-15-9-7-6-8-10-15/h6-10,14,16H,11-13H2,1-5H3,(H,21,22)(H,23,27)(H,24,28)/t16-/m0/s1. The van der Waals surface area contributed by atoms with E-state index in [0.717, 1.165) is 17.0 Å². The molecular formula is C20H31N5O7. The summed E-state index contributed by atoms with van der Waals surface area (Å²) in [6.45, 7) is 5.25. The van der Waals surface area contributed by atoms with Crippen LogP contribution in [0.2, 0.25) is 0 Å². The quantitative estimate of drug-likeness (QED) is 0.199. The monoisotopic (exact) mass is 453 g/mol. The Morgan fingerprint density at radius 1 is 1.16 bits per heavy atom. The first-order chi connectivity index (χ1) is 15.1. The molecule has 0 aliphatic rings. The van der Waals surface area contributed by atoms with Crippen LogP contribution < -0.4 is 16.2 Å². The highest BCUT2D eigenvalue weighted by Crippen LogP contribution is 2.06. The summed E-state index contributed by atoms with van der Waals surface area (Å²) >= 11 is 0. The summed E-state index contributed by atoms with van der Waals surface area (Å²) in [7, 11) is 2.75. The second kappa shape index (κ2) is 13.8. The van der Waals surface area contributed by atoms with E-state index in [2.05, 4.69) is 21.3 Å². The molecule has 0 saturated heterocycles. The molecule has 0 aliphatic carbocycles. The molecule has 3 N–H and O–H groups in total. The zero-order chi connectivity index (χ0) is 24.0. The van der Waals surface area contributed by atoms with Crippen molar-refractivity contribution in [3.8, 4) is 0 Å². The molecule has 1 aromatic rings. The first-order valence-electron chi connectivity index (χ1n) is 9.79. The van der Waals surface area contributed by atoms with Gasteiger partial charge in [0, 0.05) is 13.5 Å². The number of rotatable bonds is 11. The van der Waals surface area contributed by atoms with E-state index in [0.29, 0.717) is 0 Å². The molecule has 0 aromatic heterocycles. The minimum Gasteiger partial charge on any atom is -0.445 e. The fraction of sp³-hybridized carbons (Fsp3) is 0.500. The molecule has 0 aliphatic heterocycles. The van der Waals surface area contributed by atoms with E-state index < -0.39 is 29.7 Å². The lowest BCUT2D eigenvalue weighted by Crippen LogP contribution is -2.47. The Labute approximate surface area is 187 Å². The third-order valence-corrected chi connectivity index (χ3v) is 3.65. The van der Waals surface area contributed by atoms with Gasteiger partial charge in [0.2, 0.25) is 0 Å². The summed E-state index contributed by atoms with van der Waals surface area (Å²) in [5, 5.41) is 7.06. The van der Waals surface area contributed by atoms with Crippen molar-refractivity contribution >= 4 is 24.4 Å². The van der Waals surface area contributed by atoms with E-state index in [-0.39, 0.29) is 19.6 Å². The lowest BCUT2D eigenvalue weighted by molar-refractivity contribution is -0.171. The van der Waals surface area contributed by atoms with Crippen molar-refractivity contribution in [2.24, 2.45) is 5.10 Å². The van der Waals surface area contributed by atoms with Gasteiger partial charge in [-0.1, -0.05) is 30.3 Å². The van der Waals surface area contributed by atoms with Crippen molar-refractivity contribution in [1.82, 2.24) is 21.3 Å². The molecule has 0 heterocycles. The first kappa shape index (κ1) is 26.7. The third-order valence-electron chi connectivity index (χ3n) is 3.65. The number of nitrogens with one attached hydrogen (secondary N) is 3. The molecule has 32 heavy (non-hydrogen) atoms. The summed E-state index contributed by atoms with van der Waals surface area (Å²) in [6, 6.07) is 8.17. The molecule has 0 spiro atoms. The number of benzene rings is 1. The summed E-state index contributed by atoms with van der Waals surface area (Å²) in [5.41, 5.74) is 4.70. The van der Waals surface area contributed by atoms with E-state index in [1.807, 2.05) is 30.3 Å². The maximum atomic E-state index is 12.4. The Bertz CT molecular complexity index is 752. The van der Waals surface area contributed by atoms with Gasteiger partial charge in [-0.15, -0.1) is 0 Å². The smallest absolute Gasteiger partial charge is 0.428 e. The highest BCUT2D eigenvalue weighted by molar-refractivity contribution is 5.84. The average molecular weight is 453 g/mol. The molecule has 0 saturated carbocycles. The van der Waals surface area contributed by atoms with Crippen LogP contribution in [0, 0.1) is 0 Å². The maximum Gasteiger partial charge on any atom is 0.428 e. The molecule has 0 bridgehead atoms. The van der Waals surface area contributed by atoms with E-state index >= 15 is 0 Å². The van der Waals surface area contributed by atoms with Crippen molar-refractivity contribution < 1.29 is 33.5 Å². The summed E-state index contributed by atoms with van der Waals surface area (Å²) in [5.74, 6) is -0.493. The second-order valence-corrected chi connectivity index (χ2v) is 7.40. The minimum atomic E-state index is -0.957. The largest absolute Gasteiger partial charge is 0.445 e. The number of carbonyl (C=O) groups excluding carboxylic acids is 3. The van der Waals surface area contributed by atoms with Crippen LogP contribution >= 0.6 is 0 Å². The number of alkyl carbamates (subject to hydrolysis) is 1. The number of likely N-dealkylation sites (N-methyl/N-ethyl adjacent to an activating group) is 1. The molecule has 1 rings (SSSR count). The van der Waals surface area contributed by atoms with Gasteiger partial charge in [-0.2, -0.15) is 5.10 Å². The summed E-state index contributed by atoms with van der Waals surface area (Å²) < 4.78 is 10.1. The molecule has 3 amide bonds. The molecule has 1 atom stereocenters. The average Bonchev–Trinajstić information content (AvgIpc) is 2.74. The molecule has 0 unspecified atom stereocenters. The van der Waals surface area contributed by atoms with Crippen LogP contribution in [0.25, 0.3) is 0 Å². The lowest BCUT2D eigenvalue weighted by atomic mass is 10.2. The third kappa shape index (κ3) is 11.7. The molecule has 1 aromatic carbocycles. The summed E-state index contributed by atoms with van der Waals surface area (Å²) in [4.78, 5) is 45.9. The van der Waals surface area contributed by atoms with Crippen LogP contribution in [-0.2, 0) is 30.6 Å². The van der Waals surface area contributed by atoms with Crippen LogP contribution in [-0.4, -0.2) is 61.9 Å². The highest BCUT2D eigenvalue weighted by Gasteiger charge is 2.25. The van der Waals surface area contributed by atoms with E-state index in [9.17, 15) is 14.4 Å². The van der Waals surface area contributed by atoms with E-state index in [1.165, 1.54) is 14.2 Å². The Morgan fingerprint density at radius 2 is 1.84 bits per heavy atom. The molecule has 12 heteroatoms. The van der Waals surface area contributed by atoms with Crippen LogP contribution in [0.3, 0.4) is 0 Å². The normalized spacial score (nSPS) is 12.0. The number of amides is 3. The Hall–Kier alpha value is -3.38. The molecule has 178 valence electrons. The predicted molar refractivity (Wildman–Crippen MR) is 115 cm³/mol. The van der Waals surface area contributed by atoms with Gasteiger partial charge in [0.05, 0.1) is 13.7 Å². The van der Waals surface area contributed by atoms with Gasteiger partial charge in [0.25, 0.3) is 5.91 Å². The highest BCUT2D eigenvalue weighted by atomic mass is 16.7. The topological polar surface area (TPSA) is 140 Å². The first-order valence-corrected chi connectivity index (χ1v) is 9.79. The number of carbonyl (C=O) groups is 3. The second-order valence-electron chi connectivity index (χ2n) is 7.40. The van der Waals surface area contributed by atoms with Gasteiger partial charge in [-0.3, -0.25) is 19.9 Å². The summed E-state index contributed by atoms with van der Waals surface area (Å²) in [6.07, 6.45) is -0.286. The minimum absolute atomic E-state index is 0.0192. The number of hydroxylamine groups is 3. The lowest BCUT2D eigenvalue weighted by Gasteiger charge is -2.22. The van der Waals surface area contributed by atoms with Gasteiger partial charge in [-0.25, -0.2) is 20.1 Å². The fourth-order valence-corrected chi connectivity index (χ4v) is 2.16. The van der Waals surface area contributed by atoms with Gasteiger partial charge < -0.3 is 14.8 Å².